The van der Waals surface area contributed by atoms with Gasteiger partial charge in [0.25, 0.3) is 0 Å². The van der Waals surface area contributed by atoms with Crippen molar-refractivity contribution in [2.24, 2.45) is 0 Å². The van der Waals surface area contributed by atoms with Crippen LogP contribution >= 0.6 is 0 Å². The molecule has 0 saturated carbocycles. The molecule has 1 aromatic carbocycles. The number of hydrogen-bond donors (Lipinski definition) is 5. The highest BCUT2D eigenvalue weighted by atomic mass is 16.7. The Labute approximate surface area is 152 Å². The van der Waals surface area contributed by atoms with Crippen molar-refractivity contribution in [1.29, 1.82) is 0 Å². The van der Waals surface area contributed by atoms with E-state index in [1.807, 2.05) is 0 Å². The van der Waals surface area contributed by atoms with Gasteiger partial charge in [-0.2, -0.15) is 0 Å². The van der Waals surface area contributed by atoms with E-state index in [0.717, 1.165) is 6.07 Å². The van der Waals surface area contributed by atoms with Gasteiger partial charge in [0.1, 0.15) is 53.7 Å². The second-order valence-electron chi connectivity index (χ2n) is 6.15. The van der Waals surface area contributed by atoms with Crippen LogP contribution in [0.3, 0.4) is 0 Å². The molecular weight excluding hydrogens is 364 g/mol. The lowest BCUT2D eigenvalue weighted by atomic mass is 9.99. The van der Waals surface area contributed by atoms with E-state index in [1.54, 1.807) is 0 Å². The predicted molar refractivity (Wildman–Crippen MR) is 89.2 cm³/mol. The van der Waals surface area contributed by atoms with E-state index in [2.05, 4.69) is 0 Å². The zero-order valence-corrected chi connectivity index (χ0v) is 14.3. The Morgan fingerprint density at radius 1 is 1.15 bits per heavy atom. The number of aliphatic hydroxyl groups excluding tert-OH is 3. The third-order valence-corrected chi connectivity index (χ3v) is 4.36. The molecule has 0 unspecified atom stereocenters. The lowest BCUT2D eigenvalue weighted by Gasteiger charge is -2.41. The number of benzene rings is 1. The number of ether oxygens (including phenoxy) is 3. The fourth-order valence-corrected chi connectivity index (χ4v) is 3.06. The summed E-state index contributed by atoms with van der Waals surface area (Å²) in [6.45, 7) is -0.780. The summed E-state index contributed by atoms with van der Waals surface area (Å²) in [5, 5.41) is 49.0. The van der Waals surface area contributed by atoms with E-state index in [4.69, 9.17) is 18.6 Å². The van der Waals surface area contributed by atoms with E-state index < -0.39 is 48.7 Å². The Morgan fingerprint density at radius 2 is 1.89 bits per heavy atom. The van der Waals surface area contributed by atoms with Gasteiger partial charge >= 0.3 is 5.63 Å². The molecule has 27 heavy (non-hydrogen) atoms. The van der Waals surface area contributed by atoms with Crippen molar-refractivity contribution in [3.05, 3.63) is 34.4 Å². The van der Waals surface area contributed by atoms with Crippen molar-refractivity contribution in [3.63, 3.8) is 0 Å². The first kappa shape index (κ1) is 19.5. The molecule has 0 spiro atoms. The second kappa shape index (κ2) is 7.80. The van der Waals surface area contributed by atoms with E-state index in [-0.39, 0.29) is 28.9 Å². The Hall–Kier alpha value is -2.21. The standard InChI is InChI=1S/C17H20O10/c1-24-15-11(5-18)27-17(14(22)13(15)21)25-6-9-3-7-2-8(19)4-10(20)12(7)16(23)26-9/h2-4,11,13-15,17-22H,5-6H2,1H3/t11-,13-,14-,15-,17-/m1/s1. The minimum absolute atomic E-state index is 0.0391. The fraction of sp³-hybridized carbons (Fsp3) is 0.471. The lowest BCUT2D eigenvalue weighted by Crippen LogP contribution is -2.59. The van der Waals surface area contributed by atoms with Gasteiger partial charge < -0.3 is 44.2 Å². The topological polar surface area (TPSA) is 159 Å². The van der Waals surface area contributed by atoms with Crippen LogP contribution in [0.25, 0.3) is 10.8 Å². The Kier molecular flexibility index (Phi) is 5.65. The highest BCUT2D eigenvalue weighted by molar-refractivity contribution is 5.88. The number of aromatic hydroxyl groups is 2. The van der Waals surface area contributed by atoms with Crippen molar-refractivity contribution in [1.82, 2.24) is 0 Å². The normalized spacial score (nSPS) is 28.5. The van der Waals surface area contributed by atoms with Crippen LogP contribution in [0.15, 0.2) is 27.4 Å². The quantitative estimate of drug-likeness (QED) is 0.440. The van der Waals surface area contributed by atoms with Crippen LogP contribution in [0.2, 0.25) is 0 Å². The van der Waals surface area contributed by atoms with Crippen molar-refractivity contribution < 1.29 is 44.2 Å². The summed E-state index contributed by atoms with van der Waals surface area (Å²) < 4.78 is 20.9. The maximum atomic E-state index is 12.0. The summed E-state index contributed by atoms with van der Waals surface area (Å²) in [4.78, 5) is 12.0. The largest absolute Gasteiger partial charge is 0.508 e. The van der Waals surface area contributed by atoms with Gasteiger partial charge in [-0.05, 0) is 17.5 Å². The van der Waals surface area contributed by atoms with Crippen molar-refractivity contribution in [3.8, 4) is 11.5 Å². The molecule has 1 aromatic heterocycles. The Morgan fingerprint density at radius 3 is 2.56 bits per heavy atom. The molecule has 10 heteroatoms. The zero-order valence-electron chi connectivity index (χ0n) is 14.3. The molecule has 2 heterocycles. The van der Waals surface area contributed by atoms with Gasteiger partial charge in [-0.25, -0.2) is 4.79 Å². The molecule has 0 aliphatic carbocycles. The van der Waals surface area contributed by atoms with E-state index >= 15 is 0 Å². The molecule has 0 bridgehead atoms. The first-order chi connectivity index (χ1) is 12.8. The summed E-state index contributed by atoms with van der Waals surface area (Å²) in [5.41, 5.74) is -0.832. The van der Waals surface area contributed by atoms with Gasteiger partial charge in [0.2, 0.25) is 0 Å². The zero-order chi connectivity index (χ0) is 19.7. The SMILES string of the molecule is CO[C@H]1[C@H](O)[C@@H](O)[C@H](OCc2cc3cc(O)cc(O)c3c(=O)o2)O[C@@H]1CO. The molecule has 1 aliphatic heterocycles. The van der Waals surface area contributed by atoms with Gasteiger partial charge in [-0.15, -0.1) is 0 Å². The molecule has 1 fully saturated rings. The highest BCUT2D eigenvalue weighted by Gasteiger charge is 2.45. The van der Waals surface area contributed by atoms with Gasteiger partial charge in [-0.1, -0.05) is 0 Å². The number of aliphatic hydroxyl groups is 3. The molecule has 1 saturated heterocycles. The van der Waals surface area contributed by atoms with Crippen LogP contribution in [-0.4, -0.2) is 70.0 Å². The van der Waals surface area contributed by atoms with Crippen LogP contribution in [0, 0.1) is 0 Å². The number of hydrogen-bond acceptors (Lipinski definition) is 10. The molecule has 2 aromatic rings. The Balaban J connectivity index is 1.79. The summed E-state index contributed by atoms with van der Waals surface area (Å²) >= 11 is 0. The highest BCUT2D eigenvalue weighted by Crippen LogP contribution is 2.29. The smallest absolute Gasteiger partial charge is 0.347 e. The van der Waals surface area contributed by atoms with E-state index in [0.29, 0.717) is 0 Å². The number of rotatable bonds is 5. The second-order valence-corrected chi connectivity index (χ2v) is 6.15. The minimum Gasteiger partial charge on any atom is -0.508 e. The van der Waals surface area contributed by atoms with Gasteiger partial charge in [0.15, 0.2) is 6.29 Å². The average molecular weight is 384 g/mol. The third kappa shape index (κ3) is 3.76. The van der Waals surface area contributed by atoms with Crippen LogP contribution in [-0.2, 0) is 20.8 Å². The molecular formula is C17H20O10. The summed E-state index contributed by atoms with van der Waals surface area (Å²) in [7, 11) is 1.31. The maximum Gasteiger partial charge on any atom is 0.347 e. The monoisotopic (exact) mass is 384 g/mol. The average Bonchev–Trinajstić information content (AvgIpc) is 2.61. The van der Waals surface area contributed by atoms with Crippen molar-refractivity contribution in [2.45, 2.75) is 37.3 Å². The van der Waals surface area contributed by atoms with Crippen molar-refractivity contribution >= 4 is 10.8 Å². The van der Waals surface area contributed by atoms with E-state index in [1.165, 1.54) is 19.2 Å². The summed E-state index contributed by atoms with van der Waals surface area (Å²) in [6, 6.07) is 3.67. The minimum atomic E-state index is -1.46. The molecule has 10 nitrogen and oxygen atoms in total. The van der Waals surface area contributed by atoms with Gasteiger partial charge in [0.05, 0.1) is 6.61 Å². The van der Waals surface area contributed by atoms with Crippen LogP contribution in [0.5, 0.6) is 11.5 Å². The molecule has 0 amide bonds. The maximum absolute atomic E-state index is 12.0. The summed E-state index contributed by atoms with van der Waals surface area (Å²) in [6.07, 6.45) is -5.98. The molecule has 3 rings (SSSR count). The number of fused-ring (bicyclic) bond motifs is 1. The molecule has 5 N–H and O–H groups in total. The number of phenolic OH excluding ortho intramolecular Hbond substituents is 2. The molecule has 1 aliphatic rings. The predicted octanol–water partition coefficient (Wildman–Crippen LogP) is -0.825. The van der Waals surface area contributed by atoms with E-state index in [9.17, 15) is 30.3 Å². The molecule has 148 valence electrons. The first-order valence-electron chi connectivity index (χ1n) is 8.11. The van der Waals surface area contributed by atoms with Crippen LogP contribution < -0.4 is 5.63 Å². The van der Waals surface area contributed by atoms with Crippen LogP contribution in [0.1, 0.15) is 5.76 Å². The molecule has 5 atom stereocenters. The Bertz CT molecular complexity index is 861. The molecule has 0 radical (unpaired) electrons. The first-order valence-corrected chi connectivity index (χ1v) is 8.11. The third-order valence-electron chi connectivity index (χ3n) is 4.36. The van der Waals surface area contributed by atoms with Crippen LogP contribution in [0.4, 0.5) is 0 Å². The fourth-order valence-electron chi connectivity index (χ4n) is 3.06. The number of methoxy groups -OCH3 is 1. The van der Waals surface area contributed by atoms with Crippen molar-refractivity contribution in [2.75, 3.05) is 13.7 Å². The van der Waals surface area contributed by atoms with Gasteiger partial charge in [0, 0.05) is 13.2 Å². The summed E-state index contributed by atoms with van der Waals surface area (Å²) in [5.74, 6) is -0.614. The lowest BCUT2D eigenvalue weighted by molar-refractivity contribution is -0.308. The number of phenols is 2. The van der Waals surface area contributed by atoms with Gasteiger partial charge in [-0.3, -0.25) is 0 Å².